The monoisotopic (exact) mass is 308 g/mol. The van der Waals surface area contributed by atoms with Crippen LogP contribution >= 0.6 is 0 Å². The summed E-state index contributed by atoms with van der Waals surface area (Å²) < 4.78 is 5.16. The van der Waals surface area contributed by atoms with Crippen LogP contribution in [0, 0.1) is 5.92 Å². The highest BCUT2D eigenvalue weighted by molar-refractivity contribution is 5.97. The van der Waals surface area contributed by atoms with E-state index in [4.69, 9.17) is 4.74 Å². The molecular formula is C16H24N2O4. The van der Waals surface area contributed by atoms with Gasteiger partial charge in [-0.2, -0.15) is 0 Å². The molecule has 6 nitrogen and oxygen atoms in total. The lowest BCUT2D eigenvalue weighted by molar-refractivity contribution is -0.158. The summed E-state index contributed by atoms with van der Waals surface area (Å²) in [4.78, 5) is 35.5. The third kappa shape index (κ3) is 4.86. The Bertz CT molecular complexity index is 455. The molecule has 6 heteroatoms. The van der Waals surface area contributed by atoms with Crippen molar-refractivity contribution in [3.05, 3.63) is 12.2 Å². The molecule has 0 aromatic carbocycles. The zero-order valence-corrected chi connectivity index (χ0v) is 13.0. The first-order valence-electron chi connectivity index (χ1n) is 8.03. The van der Waals surface area contributed by atoms with Crippen molar-refractivity contribution in [2.75, 3.05) is 0 Å². The Kier molecular flexibility index (Phi) is 5.98. The molecule has 1 saturated carbocycles. The maximum absolute atomic E-state index is 11.9. The van der Waals surface area contributed by atoms with E-state index in [9.17, 15) is 14.4 Å². The molecule has 0 aromatic heterocycles. The summed E-state index contributed by atoms with van der Waals surface area (Å²) in [6, 6.07) is -0.375. The molecule has 0 spiro atoms. The summed E-state index contributed by atoms with van der Waals surface area (Å²) >= 11 is 0. The largest absolute Gasteiger partial charge is 0.452 e. The van der Waals surface area contributed by atoms with Gasteiger partial charge in [0.05, 0.1) is 5.92 Å². The molecule has 22 heavy (non-hydrogen) atoms. The zero-order chi connectivity index (χ0) is 15.9. The van der Waals surface area contributed by atoms with Crippen molar-refractivity contribution in [2.45, 2.75) is 64.0 Å². The van der Waals surface area contributed by atoms with Gasteiger partial charge in [-0.1, -0.05) is 25.0 Å². The third-order valence-electron chi connectivity index (χ3n) is 4.19. The fraction of sp³-hybridized carbons (Fsp3) is 0.688. The number of hydrogen-bond acceptors (Lipinski definition) is 4. The van der Waals surface area contributed by atoms with E-state index in [2.05, 4.69) is 10.6 Å². The minimum absolute atomic E-state index is 0.139. The Morgan fingerprint density at radius 1 is 1.14 bits per heavy atom. The van der Waals surface area contributed by atoms with Gasteiger partial charge in [0.1, 0.15) is 0 Å². The molecule has 0 saturated heterocycles. The average Bonchev–Trinajstić information content (AvgIpc) is 3.00. The van der Waals surface area contributed by atoms with Crippen LogP contribution in [-0.4, -0.2) is 30.1 Å². The second kappa shape index (κ2) is 7.96. The lowest BCUT2D eigenvalue weighted by Gasteiger charge is -2.20. The van der Waals surface area contributed by atoms with E-state index in [1.165, 1.54) is 6.92 Å². The summed E-state index contributed by atoms with van der Waals surface area (Å²) in [5.74, 6) is -1.15. The Labute approximate surface area is 130 Å². The lowest BCUT2D eigenvalue weighted by Crippen LogP contribution is -2.47. The molecule has 2 aliphatic carbocycles. The molecule has 0 bridgehead atoms. The van der Waals surface area contributed by atoms with Gasteiger partial charge in [0.25, 0.3) is 5.91 Å². The second-order valence-corrected chi connectivity index (χ2v) is 6.00. The maximum atomic E-state index is 11.9. The number of urea groups is 1. The predicted octanol–water partition coefficient (Wildman–Crippen LogP) is 2.04. The van der Waals surface area contributed by atoms with E-state index in [-0.39, 0.29) is 17.9 Å². The molecule has 2 N–H and O–H groups in total. The van der Waals surface area contributed by atoms with E-state index in [0.717, 1.165) is 38.5 Å². The van der Waals surface area contributed by atoms with Crippen LogP contribution < -0.4 is 10.6 Å². The molecule has 0 unspecified atom stereocenters. The molecule has 2 rings (SSSR count). The number of ether oxygens (including phenoxy) is 1. The highest BCUT2D eigenvalue weighted by Gasteiger charge is 2.26. The normalized spacial score (nSPS) is 22.9. The van der Waals surface area contributed by atoms with Crippen LogP contribution in [0.25, 0.3) is 0 Å². The summed E-state index contributed by atoms with van der Waals surface area (Å²) in [7, 11) is 0. The number of hydrogen-bond donors (Lipinski definition) is 2. The Hall–Kier alpha value is -1.85. The Morgan fingerprint density at radius 2 is 1.86 bits per heavy atom. The topological polar surface area (TPSA) is 84.5 Å². The quantitative estimate of drug-likeness (QED) is 0.615. The molecule has 1 fully saturated rings. The number of rotatable bonds is 4. The smallest absolute Gasteiger partial charge is 0.321 e. The van der Waals surface area contributed by atoms with Gasteiger partial charge in [-0.25, -0.2) is 4.79 Å². The van der Waals surface area contributed by atoms with Crippen molar-refractivity contribution in [3.8, 4) is 0 Å². The van der Waals surface area contributed by atoms with Gasteiger partial charge in [0, 0.05) is 6.04 Å². The summed E-state index contributed by atoms with van der Waals surface area (Å²) in [6.45, 7) is 1.48. The molecule has 0 aromatic rings. The molecule has 2 atom stereocenters. The van der Waals surface area contributed by atoms with Crippen LogP contribution in [0.2, 0.25) is 0 Å². The fourth-order valence-corrected chi connectivity index (χ4v) is 2.84. The van der Waals surface area contributed by atoms with Gasteiger partial charge in [0.2, 0.25) is 0 Å². The van der Waals surface area contributed by atoms with Crippen molar-refractivity contribution >= 4 is 17.9 Å². The van der Waals surface area contributed by atoms with Gasteiger partial charge < -0.3 is 10.1 Å². The number of nitrogens with one attached hydrogen (secondary N) is 2. The molecule has 0 radical (unpaired) electrons. The fourth-order valence-electron chi connectivity index (χ4n) is 2.84. The number of esters is 1. The van der Waals surface area contributed by atoms with Gasteiger partial charge in [0.15, 0.2) is 6.10 Å². The standard InChI is InChI=1S/C16H24N2O4/c1-11(22-15(20)12-7-3-2-4-8-12)14(19)18-16(21)17-13-9-5-6-10-13/h2-3,11-13H,4-10H2,1H3,(H2,17,18,19,21)/t11-,12-/m1/s1. The molecular weight excluding hydrogens is 284 g/mol. The minimum atomic E-state index is -0.965. The van der Waals surface area contributed by atoms with Crippen molar-refractivity contribution in [1.29, 1.82) is 0 Å². The Morgan fingerprint density at radius 3 is 2.50 bits per heavy atom. The first-order valence-corrected chi connectivity index (χ1v) is 8.03. The van der Waals surface area contributed by atoms with Gasteiger partial charge in [-0.15, -0.1) is 0 Å². The lowest BCUT2D eigenvalue weighted by atomic mass is 9.95. The molecule has 2 aliphatic rings. The van der Waals surface area contributed by atoms with E-state index < -0.39 is 18.0 Å². The number of carbonyl (C=O) groups excluding carboxylic acids is 3. The maximum Gasteiger partial charge on any atom is 0.321 e. The van der Waals surface area contributed by atoms with E-state index in [1.54, 1.807) is 0 Å². The SMILES string of the molecule is C[C@@H](OC(=O)[C@@H]1CC=CCC1)C(=O)NC(=O)NC1CCCC1. The van der Waals surface area contributed by atoms with Crippen LogP contribution in [0.1, 0.15) is 51.9 Å². The van der Waals surface area contributed by atoms with Crippen LogP contribution in [0.3, 0.4) is 0 Å². The van der Waals surface area contributed by atoms with Crippen LogP contribution in [0.5, 0.6) is 0 Å². The van der Waals surface area contributed by atoms with E-state index in [1.807, 2.05) is 12.2 Å². The van der Waals surface area contributed by atoms with Crippen LogP contribution in [0.4, 0.5) is 4.79 Å². The van der Waals surface area contributed by atoms with Crippen LogP contribution in [0.15, 0.2) is 12.2 Å². The summed E-state index contributed by atoms with van der Waals surface area (Å²) in [5, 5.41) is 5.00. The predicted molar refractivity (Wildman–Crippen MR) is 81.0 cm³/mol. The molecule has 3 amide bonds. The molecule has 0 aliphatic heterocycles. The second-order valence-electron chi connectivity index (χ2n) is 6.00. The van der Waals surface area contributed by atoms with Crippen molar-refractivity contribution < 1.29 is 19.1 Å². The molecule has 0 heterocycles. The summed E-state index contributed by atoms with van der Waals surface area (Å²) in [5.41, 5.74) is 0. The average molecular weight is 308 g/mol. The van der Waals surface area contributed by atoms with Crippen molar-refractivity contribution in [1.82, 2.24) is 10.6 Å². The molecule has 122 valence electrons. The first-order chi connectivity index (χ1) is 10.6. The zero-order valence-electron chi connectivity index (χ0n) is 13.0. The number of amides is 3. The Balaban J connectivity index is 1.72. The highest BCUT2D eigenvalue weighted by atomic mass is 16.5. The van der Waals surface area contributed by atoms with Gasteiger partial charge in [-0.05, 0) is 39.0 Å². The van der Waals surface area contributed by atoms with Crippen molar-refractivity contribution in [2.24, 2.45) is 5.92 Å². The third-order valence-corrected chi connectivity index (χ3v) is 4.19. The van der Waals surface area contributed by atoms with Crippen LogP contribution in [-0.2, 0) is 14.3 Å². The highest BCUT2D eigenvalue weighted by Crippen LogP contribution is 2.20. The van der Waals surface area contributed by atoms with E-state index in [0.29, 0.717) is 6.42 Å². The number of imide groups is 1. The van der Waals surface area contributed by atoms with Gasteiger partial charge in [-0.3, -0.25) is 14.9 Å². The minimum Gasteiger partial charge on any atom is -0.452 e. The van der Waals surface area contributed by atoms with Gasteiger partial charge >= 0.3 is 12.0 Å². The van der Waals surface area contributed by atoms with E-state index >= 15 is 0 Å². The number of allylic oxidation sites excluding steroid dienone is 2. The van der Waals surface area contributed by atoms with Crippen molar-refractivity contribution in [3.63, 3.8) is 0 Å². The number of carbonyl (C=O) groups is 3. The summed E-state index contributed by atoms with van der Waals surface area (Å²) in [6.07, 6.45) is 9.36. The first kappa shape index (κ1) is 16.5.